The van der Waals surface area contributed by atoms with Gasteiger partial charge in [-0.05, 0) is 66.8 Å². The van der Waals surface area contributed by atoms with Crippen LogP contribution in [0, 0.1) is 28.0 Å². The average Bonchev–Trinajstić information content (AvgIpc) is 2.34. The number of halogens is 1. The molecule has 4 saturated carbocycles. The molecule has 1 aromatic rings. The van der Waals surface area contributed by atoms with Crippen molar-refractivity contribution in [2.75, 3.05) is 0 Å². The highest BCUT2D eigenvalue weighted by atomic mass is 19.1. The van der Waals surface area contributed by atoms with Crippen molar-refractivity contribution < 1.29 is 4.39 Å². The highest BCUT2D eigenvalue weighted by Crippen LogP contribution is 2.71. The van der Waals surface area contributed by atoms with E-state index in [4.69, 9.17) is 5.73 Å². The first-order valence-corrected chi connectivity index (χ1v) is 8.33. The van der Waals surface area contributed by atoms with E-state index in [-0.39, 0.29) is 17.3 Å². The van der Waals surface area contributed by atoms with Crippen LogP contribution in [0.2, 0.25) is 0 Å². The zero-order chi connectivity index (χ0) is 14.9. The third-order valence-corrected chi connectivity index (χ3v) is 6.57. The normalized spacial score (nSPS) is 45.8. The van der Waals surface area contributed by atoms with Gasteiger partial charge in [-0.2, -0.15) is 0 Å². The van der Waals surface area contributed by atoms with Gasteiger partial charge in [-0.25, -0.2) is 4.39 Å². The maximum absolute atomic E-state index is 14.2. The Kier molecular flexibility index (Phi) is 2.68. The molecular formula is C19H26FN. The third kappa shape index (κ3) is 1.98. The molecule has 21 heavy (non-hydrogen) atoms. The summed E-state index contributed by atoms with van der Waals surface area (Å²) in [5, 5.41) is 0. The molecule has 3 unspecified atom stereocenters. The predicted octanol–water partition coefficient (Wildman–Crippen LogP) is 4.82. The van der Waals surface area contributed by atoms with Crippen LogP contribution in [-0.4, -0.2) is 0 Å². The number of hydrogen-bond acceptors (Lipinski definition) is 1. The maximum Gasteiger partial charge on any atom is 0.127 e. The van der Waals surface area contributed by atoms with E-state index in [1.165, 1.54) is 38.5 Å². The molecule has 0 radical (unpaired) electrons. The van der Waals surface area contributed by atoms with Crippen molar-refractivity contribution in [3.05, 3.63) is 35.6 Å². The summed E-state index contributed by atoms with van der Waals surface area (Å²) in [6.07, 6.45) is 7.61. The van der Waals surface area contributed by atoms with Crippen LogP contribution in [0.25, 0.3) is 0 Å². The quantitative estimate of drug-likeness (QED) is 0.829. The van der Waals surface area contributed by atoms with Gasteiger partial charge in [0.05, 0.1) is 0 Å². The fourth-order valence-corrected chi connectivity index (χ4v) is 6.94. The fraction of sp³-hybridized carbons (Fsp3) is 0.684. The molecule has 0 aromatic heterocycles. The van der Waals surface area contributed by atoms with Crippen LogP contribution in [0.15, 0.2) is 24.3 Å². The van der Waals surface area contributed by atoms with Gasteiger partial charge in [0, 0.05) is 11.6 Å². The van der Waals surface area contributed by atoms with Gasteiger partial charge in [-0.3, -0.25) is 0 Å². The lowest BCUT2D eigenvalue weighted by Gasteiger charge is -2.67. The van der Waals surface area contributed by atoms with Crippen LogP contribution in [0.1, 0.15) is 64.0 Å². The van der Waals surface area contributed by atoms with Gasteiger partial charge >= 0.3 is 0 Å². The molecule has 1 aromatic carbocycles. The van der Waals surface area contributed by atoms with Gasteiger partial charge in [0.15, 0.2) is 0 Å². The Bertz CT molecular complexity index is 563. The van der Waals surface area contributed by atoms with E-state index in [2.05, 4.69) is 13.8 Å². The van der Waals surface area contributed by atoms with Gasteiger partial charge in [0.1, 0.15) is 5.82 Å². The van der Waals surface area contributed by atoms with E-state index in [0.717, 1.165) is 11.5 Å². The summed E-state index contributed by atoms with van der Waals surface area (Å²) in [5.41, 5.74) is 8.37. The van der Waals surface area contributed by atoms with E-state index >= 15 is 0 Å². The van der Waals surface area contributed by atoms with Gasteiger partial charge in [0.25, 0.3) is 0 Å². The largest absolute Gasteiger partial charge is 0.323 e. The lowest BCUT2D eigenvalue weighted by atomic mass is 9.39. The molecule has 4 bridgehead atoms. The van der Waals surface area contributed by atoms with Gasteiger partial charge < -0.3 is 5.73 Å². The van der Waals surface area contributed by atoms with Crippen LogP contribution in [-0.2, 0) is 0 Å². The van der Waals surface area contributed by atoms with E-state index in [9.17, 15) is 4.39 Å². The monoisotopic (exact) mass is 287 g/mol. The van der Waals surface area contributed by atoms with Crippen molar-refractivity contribution in [3.63, 3.8) is 0 Å². The van der Waals surface area contributed by atoms with Crippen LogP contribution in [0.5, 0.6) is 0 Å². The van der Waals surface area contributed by atoms with E-state index in [1.807, 2.05) is 12.1 Å². The standard InChI is InChI=1S/C19H26FN/c1-17-7-13-8-18(2,10-17)12-19(9-13,11-17)16(21)14-5-3-4-6-15(14)20/h3-6,13,16H,7-12,21H2,1-2H3. The molecule has 4 aliphatic carbocycles. The van der Waals surface area contributed by atoms with Crippen LogP contribution < -0.4 is 5.73 Å². The molecule has 0 amide bonds. The predicted molar refractivity (Wildman–Crippen MR) is 83.2 cm³/mol. The summed E-state index contributed by atoms with van der Waals surface area (Å²) >= 11 is 0. The molecule has 4 aliphatic rings. The number of rotatable bonds is 2. The van der Waals surface area contributed by atoms with Gasteiger partial charge in [0.2, 0.25) is 0 Å². The molecule has 114 valence electrons. The lowest BCUT2D eigenvalue weighted by molar-refractivity contribution is -0.154. The van der Waals surface area contributed by atoms with E-state index in [1.54, 1.807) is 12.1 Å². The fourth-order valence-electron chi connectivity index (χ4n) is 6.94. The van der Waals surface area contributed by atoms with Gasteiger partial charge in [-0.15, -0.1) is 0 Å². The molecule has 0 spiro atoms. The topological polar surface area (TPSA) is 26.0 Å². The lowest BCUT2D eigenvalue weighted by Crippen LogP contribution is -2.58. The molecule has 2 N–H and O–H groups in total. The first-order valence-electron chi connectivity index (χ1n) is 8.33. The summed E-state index contributed by atoms with van der Waals surface area (Å²) < 4.78 is 14.2. The van der Waals surface area contributed by atoms with E-state index < -0.39 is 0 Å². The highest BCUT2D eigenvalue weighted by Gasteiger charge is 2.61. The molecular weight excluding hydrogens is 261 g/mol. The Morgan fingerprint density at radius 2 is 1.67 bits per heavy atom. The van der Waals surface area contributed by atoms with Crippen molar-refractivity contribution in [2.45, 2.75) is 58.4 Å². The smallest absolute Gasteiger partial charge is 0.127 e. The van der Waals surface area contributed by atoms with Crippen molar-refractivity contribution >= 4 is 0 Å². The Hall–Kier alpha value is -0.890. The Morgan fingerprint density at radius 3 is 2.24 bits per heavy atom. The summed E-state index contributed by atoms with van der Waals surface area (Å²) in [4.78, 5) is 0. The summed E-state index contributed by atoms with van der Waals surface area (Å²) in [5.74, 6) is 0.671. The molecule has 4 fully saturated rings. The molecule has 2 heteroatoms. The Balaban J connectivity index is 1.76. The average molecular weight is 287 g/mol. The third-order valence-electron chi connectivity index (χ3n) is 6.57. The number of benzene rings is 1. The number of hydrogen-bond donors (Lipinski definition) is 1. The van der Waals surface area contributed by atoms with Crippen LogP contribution in [0.3, 0.4) is 0 Å². The molecule has 0 saturated heterocycles. The second-order valence-corrected chi connectivity index (χ2v) is 8.99. The molecule has 5 rings (SSSR count). The molecule has 3 atom stereocenters. The van der Waals surface area contributed by atoms with Gasteiger partial charge in [-0.1, -0.05) is 32.0 Å². The second-order valence-electron chi connectivity index (χ2n) is 8.99. The van der Waals surface area contributed by atoms with Crippen LogP contribution in [0.4, 0.5) is 4.39 Å². The molecule has 0 heterocycles. The molecule has 0 aliphatic heterocycles. The van der Waals surface area contributed by atoms with E-state index in [0.29, 0.717) is 10.8 Å². The van der Waals surface area contributed by atoms with Crippen molar-refractivity contribution in [2.24, 2.45) is 27.9 Å². The summed E-state index contributed by atoms with van der Waals surface area (Å²) in [6.45, 7) is 4.89. The maximum atomic E-state index is 14.2. The first-order chi connectivity index (χ1) is 9.83. The minimum Gasteiger partial charge on any atom is -0.323 e. The Labute approximate surface area is 127 Å². The number of nitrogens with two attached hydrogens (primary N) is 1. The summed E-state index contributed by atoms with van der Waals surface area (Å²) in [6, 6.07) is 6.97. The molecule has 1 nitrogen and oxygen atoms in total. The van der Waals surface area contributed by atoms with Crippen LogP contribution >= 0.6 is 0 Å². The minimum atomic E-state index is -0.152. The second kappa shape index (κ2) is 4.10. The zero-order valence-corrected chi connectivity index (χ0v) is 13.2. The zero-order valence-electron chi connectivity index (χ0n) is 13.2. The minimum absolute atomic E-state index is 0.116. The van der Waals surface area contributed by atoms with Crippen molar-refractivity contribution in [1.29, 1.82) is 0 Å². The highest BCUT2D eigenvalue weighted by molar-refractivity contribution is 5.26. The van der Waals surface area contributed by atoms with Crippen molar-refractivity contribution in [3.8, 4) is 0 Å². The van der Waals surface area contributed by atoms with Crippen molar-refractivity contribution in [1.82, 2.24) is 0 Å². The Morgan fingerprint density at radius 1 is 1.05 bits per heavy atom. The summed E-state index contributed by atoms with van der Waals surface area (Å²) in [7, 11) is 0. The first kappa shape index (κ1) is 13.8. The SMILES string of the molecule is CC12CC3CC(C)(C1)CC(C(N)c1ccccc1F)(C3)C2.